The fourth-order valence-electron chi connectivity index (χ4n) is 1.17. The van der Waals surface area contributed by atoms with E-state index in [2.05, 4.69) is 12.3 Å². The second kappa shape index (κ2) is 4.70. The number of ether oxygens (including phenoxy) is 1. The van der Waals surface area contributed by atoms with Gasteiger partial charge < -0.3 is 4.74 Å². The maximum absolute atomic E-state index is 5.39. The third-order valence-corrected chi connectivity index (χ3v) is 2.05. The summed E-state index contributed by atoms with van der Waals surface area (Å²) in [5, 5.41) is 0. The summed E-state index contributed by atoms with van der Waals surface area (Å²) in [6, 6.07) is 0.390. The van der Waals surface area contributed by atoms with Crippen LogP contribution in [0.3, 0.4) is 0 Å². The third-order valence-electron chi connectivity index (χ3n) is 2.05. The van der Waals surface area contributed by atoms with E-state index in [1.54, 1.807) is 0 Å². The largest absolute Gasteiger partial charge is 0.380 e. The minimum atomic E-state index is 0.390. The van der Waals surface area contributed by atoms with Crippen LogP contribution in [-0.2, 0) is 4.74 Å². The smallest absolute Gasteiger partial charge is 0.0635 e. The number of nitrogens with two attached hydrogens (primary N) is 1. The lowest BCUT2D eigenvalue weighted by Crippen LogP contribution is -2.40. The van der Waals surface area contributed by atoms with Crippen LogP contribution < -0.4 is 11.3 Å². The third kappa shape index (κ3) is 3.18. The Morgan fingerprint density at radius 1 is 1.64 bits per heavy atom. The Hall–Kier alpha value is -0.120. The Labute approximate surface area is 68.3 Å². The Balaban J connectivity index is 2.01. The second-order valence-electron chi connectivity index (χ2n) is 3.19. The zero-order valence-corrected chi connectivity index (χ0v) is 7.18. The van der Waals surface area contributed by atoms with E-state index in [0.29, 0.717) is 6.04 Å². The lowest BCUT2D eigenvalue weighted by Gasteiger charge is -2.14. The maximum atomic E-state index is 5.39. The summed E-state index contributed by atoms with van der Waals surface area (Å²) in [7, 11) is 0. The standard InChI is InChI=1S/C8H18N2O/c1-2-5-11-6-8(10-9)7-3-4-7/h7-8,10H,2-6,9H2,1H3. The molecule has 3 nitrogen and oxygen atoms in total. The van der Waals surface area contributed by atoms with Crippen LogP contribution in [0, 0.1) is 5.92 Å². The van der Waals surface area contributed by atoms with Gasteiger partial charge in [-0.1, -0.05) is 6.92 Å². The van der Waals surface area contributed by atoms with Crippen molar-refractivity contribution in [3.8, 4) is 0 Å². The summed E-state index contributed by atoms with van der Waals surface area (Å²) >= 11 is 0. The number of rotatable bonds is 6. The van der Waals surface area contributed by atoms with E-state index in [0.717, 1.165) is 25.6 Å². The van der Waals surface area contributed by atoms with Gasteiger partial charge in [0.2, 0.25) is 0 Å². The minimum Gasteiger partial charge on any atom is -0.380 e. The van der Waals surface area contributed by atoms with Crippen LogP contribution in [0.5, 0.6) is 0 Å². The van der Waals surface area contributed by atoms with Gasteiger partial charge in [-0.15, -0.1) is 0 Å². The van der Waals surface area contributed by atoms with Crippen LogP contribution in [-0.4, -0.2) is 19.3 Å². The summed E-state index contributed by atoms with van der Waals surface area (Å²) in [6.45, 7) is 3.74. The second-order valence-corrected chi connectivity index (χ2v) is 3.19. The average Bonchev–Trinajstić information content (AvgIpc) is 2.81. The fraction of sp³-hybridized carbons (Fsp3) is 1.00. The predicted molar refractivity (Wildman–Crippen MR) is 44.9 cm³/mol. The molecule has 0 saturated heterocycles. The van der Waals surface area contributed by atoms with Crippen molar-refractivity contribution in [1.82, 2.24) is 5.43 Å². The van der Waals surface area contributed by atoms with E-state index in [9.17, 15) is 0 Å². The van der Waals surface area contributed by atoms with E-state index in [1.807, 2.05) is 0 Å². The molecule has 11 heavy (non-hydrogen) atoms. The first-order chi connectivity index (χ1) is 5.38. The summed E-state index contributed by atoms with van der Waals surface area (Å²) in [4.78, 5) is 0. The molecule has 1 aliphatic carbocycles. The first kappa shape index (κ1) is 8.97. The summed E-state index contributed by atoms with van der Waals surface area (Å²) < 4.78 is 5.39. The molecule has 0 aromatic carbocycles. The normalized spacial score (nSPS) is 20.2. The van der Waals surface area contributed by atoms with Gasteiger partial charge in [-0.25, -0.2) is 0 Å². The van der Waals surface area contributed by atoms with E-state index >= 15 is 0 Å². The van der Waals surface area contributed by atoms with Gasteiger partial charge in [-0.05, 0) is 25.2 Å². The highest BCUT2D eigenvalue weighted by Gasteiger charge is 2.30. The van der Waals surface area contributed by atoms with Crippen molar-refractivity contribution < 1.29 is 4.74 Å². The Kier molecular flexibility index (Phi) is 3.83. The summed E-state index contributed by atoms with van der Waals surface area (Å²) in [5.74, 6) is 6.14. The van der Waals surface area contributed by atoms with E-state index in [4.69, 9.17) is 10.6 Å². The lowest BCUT2D eigenvalue weighted by molar-refractivity contribution is 0.106. The molecule has 0 aromatic rings. The van der Waals surface area contributed by atoms with Gasteiger partial charge in [0.15, 0.2) is 0 Å². The minimum absolute atomic E-state index is 0.390. The van der Waals surface area contributed by atoms with Crippen molar-refractivity contribution in [3.05, 3.63) is 0 Å². The highest BCUT2D eigenvalue weighted by Crippen LogP contribution is 2.32. The van der Waals surface area contributed by atoms with Gasteiger partial charge in [0.25, 0.3) is 0 Å². The zero-order chi connectivity index (χ0) is 8.10. The van der Waals surface area contributed by atoms with Crippen LogP contribution in [0.2, 0.25) is 0 Å². The first-order valence-corrected chi connectivity index (χ1v) is 4.42. The van der Waals surface area contributed by atoms with Gasteiger partial charge in [0.05, 0.1) is 6.61 Å². The number of hydrazine groups is 1. The van der Waals surface area contributed by atoms with Gasteiger partial charge in [-0.2, -0.15) is 0 Å². The van der Waals surface area contributed by atoms with Gasteiger partial charge in [0.1, 0.15) is 0 Å². The van der Waals surface area contributed by atoms with Gasteiger partial charge >= 0.3 is 0 Å². The predicted octanol–water partition coefficient (Wildman–Crippen LogP) is 0.655. The maximum Gasteiger partial charge on any atom is 0.0635 e. The molecule has 3 N–H and O–H groups in total. The average molecular weight is 158 g/mol. The highest BCUT2D eigenvalue weighted by atomic mass is 16.5. The fourth-order valence-corrected chi connectivity index (χ4v) is 1.17. The molecular formula is C8H18N2O. The molecule has 0 bridgehead atoms. The molecule has 0 amide bonds. The molecule has 66 valence electrons. The quantitative estimate of drug-likeness (QED) is 0.339. The SMILES string of the molecule is CCCOCC(NN)C1CC1. The van der Waals surface area contributed by atoms with Crippen molar-refractivity contribution >= 4 is 0 Å². The van der Waals surface area contributed by atoms with Crippen molar-refractivity contribution in [3.63, 3.8) is 0 Å². The van der Waals surface area contributed by atoms with E-state index in [-0.39, 0.29) is 0 Å². The lowest BCUT2D eigenvalue weighted by atomic mass is 10.2. The van der Waals surface area contributed by atoms with Crippen molar-refractivity contribution in [2.24, 2.45) is 11.8 Å². The molecule has 3 heteroatoms. The Morgan fingerprint density at radius 3 is 2.82 bits per heavy atom. The summed E-state index contributed by atoms with van der Waals surface area (Å²) in [5.41, 5.74) is 2.80. The van der Waals surface area contributed by atoms with Crippen molar-refractivity contribution in [1.29, 1.82) is 0 Å². The number of hydrogen-bond acceptors (Lipinski definition) is 3. The molecule has 1 aliphatic rings. The molecule has 1 fully saturated rings. The van der Waals surface area contributed by atoms with Crippen LogP contribution in [0.15, 0.2) is 0 Å². The topological polar surface area (TPSA) is 47.3 Å². The van der Waals surface area contributed by atoms with Gasteiger partial charge in [0, 0.05) is 12.6 Å². The summed E-state index contributed by atoms with van der Waals surface area (Å²) in [6.07, 6.45) is 3.71. The molecule has 1 atom stereocenters. The van der Waals surface area contributed by atoms with Crippen LogP contribution in [0.25, 0.3) is 0 Å². The highest BCUT2D eigenvalue weighted by molar-refractivity contribution is 4.84. The number of hydrogen-bond donors (Lipinski definition) is 2. The molecule has 0 radical (unpaired) electrons. The first-order valence-electron chi connectivity index (χ1n) is 4.42. The molecule has 0 aromatic heterocycles. The van der Waals surface area contributed by atoms with Crippen LogP contribution in [0.1, 0.15) is 26.2 Å². The molecule has 1 saturated carbocycles. The molecule has 1 rings (SSSR count). The molecule has 0 heterocycles. The van der Waals surface area contributed by atoms with Crippen LogP contribution >= 0.6 is 0 Å². The van der Waals surface area contributed by atoms with Gasteiger partial charge in [-0.3, -0.25) is 11.3 Å². The Bertz CT molecular complexity index is 104. The Morgan fingerprint density at radius 2 is 2.36 bits per heavy atom. The molecule has 1 unspecified atom stereocenters. The molecular weight excluding hydrogens is 140 g/mol. The van der Waals surface area contributed by atoms with E-state index in [1.165, 1.54) is 12.8 Å². The molecule has 0 spiro atoms. The van der Waals surface area contributed by atoms with Crippen LogP contribution in [0.4, 0.5) is 0 Å². The monoisotopic (exact) mass is 158 g/mol. The van der Waals surface area contributed by atoms with Crippen molar-refractivity contribution in [2.75, 3.05) is 13.2 Å². The molecule has 0 aliphatic heterocycles. The number of nitrogens with one attached hydrogen (secondary N) is 1. The van der Waals surface area contributed by atoms with E-state index < -0.39 is 0 Å². The zero-order valence-electron chi connectivity index (χ0n) is 7.18. The van der Waals surface area contributed by atoms with Crippen molar-refractivity contribution in [2.45, 2.75) is 32.2 Å².